The molecule has 1 aliphatic heterocycles. The number of hydrogen-bond acceptors (Lipinski definition) is 6. The third kappa shape index (κ3) is 7.27. The van der Waals surface area contributed by atoms with Crippen LogP contribution in [0.25, 0.3) is 0 Å². The third-order valence-electron chi connectivity index (χ3n) is 3.97. The van der Waals surface area contributed by atoms with Crippen LogP contribution in [0.2, 0.25) is 0 Å². The highest BCUT2D eigenvalue weighted by Gasteiger charge is 2.28. The van der Waals surface area contributed by atoms with Crippen LogP contribution < -0.4 is 5.32 Å². The van der Waals surface area contributed by atoms with Crippen LogP contribution in [0.1, 0.15) is 19.8 Å². The fourth-order valence-corrected chi connectivity index (χ4v) is 2.53. The third-order valence-corrected chi connectivity index (χ3v) is 3.97. The summed E-state index contributed by atoms with van der Waals surface area (Å²) >= 11 is 0. The molecule has 9 nitrogen and oxygen atoms in total. The zero-order valence-corrected chi connectivity index (χ0v) is 15.3. The SMILES string of the molecule is CCOC(=O)N1CCC(NC(=O)C(=O)N(CCOC)CCOC)CC1. The summed E-state index contributed by atoms with van der Waals surface area (Å²) in [7, 11) is 3.08. The van der Waals surface area contributed by atoms with Crippen molar-refractivity contribution in [2.45, 2.75) is 25.8 Å². The van der Waals surface area contributed by atoms with E-state index in [0.717, 1.165) is 0 Å². The van der Waals surface area contributed by atoms with Gasteiger partial charge >= 0.3 is 17.9 Å². The molecule has 1 rings (SSSR count). The number of ether oxygens (including phenoxy) is 3. The lowest BCUT2D eigenvalue weighted by molar-refractivity contribution is -0.147. The fourth-order valence-electron chi connectivity index (χ4n) is 2.53. The molecule has 0 spiro atoms. The van der Waals surface area contributed by atoms with Crippen molar-refractivity contribution in [3.8, 4) is 0 Å². The van der Waals surface area contributed by atoms with Crippen molar-refractivity contribution in [3.63, 3.8) is 0 Å². The lowest BCUT2D eigenvalue weighted by atomic mass is 10.1. The van der Waals surface area contributed by atoms with Crippen molar-refractivity contribution in [1.29, 1.82) is 0 Å². The minimum atomic E-state index is -0.637. The first-order valence-corrected chi connectivity index (χ1v) is 8.52. The monoisotopic (exact) mass is 359 g/mol. The van der Waals surface area contributed by atoms with Crippen LogP contribution in [0, 0.1) is 0 Å². The number of piperidine rings is 1. The summed E-state index contributed by atoms with van der Waals surface area (Å²) in [5.74, 6) is -1.23. The molecule has 1 N–H and O–H groups in total. The highest BCUT2D eigenvalue weighted by molar-refractivity contribution is 6.35. The maximum absolute atomic E-state index is 12.3. The van der Waals surface area contributed by atoms with Crippen LogP contribution in [0.3, 0.4) is 0 Å². The lowest BCUT2D eigenvalue weighted by Crippen LogP contribution is -2.51. The quantitative estimate of drug-likeness (QED) is 0.605. The molecular formula is C16H29N3O6. The lowest BCUT2D eigenvalue weighted by Gasteiger charge is -2.32. The van der Waals surface area contributed by atoms with Gasteiger partial charge in [0.25, 0.3) is 0 Å². The summed E-state index contributed by atoms with van der Waals surface area (Å²) in [5.41, 5.74) is 0. The number of methoxy groups -OCH3 is 2. The molecule has 0 atom stereocenters. The molecule has 1 heterocycles. The Hall–Kier alpha value is -1.87. The number of nitrogens with one attached hydrogen (secondary N) is 1. The predicted molar refractivity (Wildman–Crippen MR) is 90.1 cm³/mol. The van der Waals surface area contributed by atoms with E-state index in [1.807, 2.05) is 0 Å². The molecule has 0 aromatic heterocycles. The van der Waals surface area contributed by atoms with E-state index in [-0.39, 0.29) is 12.1 Å². The van der Waals surface area contributed by atoms with Crippen LogP contribution in [-0.2, 0) is 23.8 Å². The van der Waals surface area contributed by atoms with Gasteiger partial charge in [0.1, 0.15) is 0 Å². The van der Waals surface area contributed by atoms with E-state index in [2.05, 4.69) is 5.32 Å². The average Bonchev–Trinajstić information content (AvgIpc) is 2.62. The Bertz CT molecular complexity index is 430. The number of nitrogens with zero attached hydrogens (tertiary/aromatic N) is 2. The van der Waals surface area contributed by atoms with Crippen molar-refractivity contribution in [2.75, 3.05) is 60.2 Å². The number of likely N-dealkylation sites (tertiary alicyclic amines) is 1. The Kier molecular flexibility index (Phi) is 9.86. The fraction of sp³-hybridized carbons (Fsp3) is 0.812. The van der Waals surface area contributed by atoms with Gasteiger partial charge in [0.15, 0.2) is 0 Å². The highest BCUT2D eigenvalue weighted by Crippen LogP contribution is 2.11. The summed E-state index contributed by atoms with van der Waals surface area (Å²) in [5, 5.41) is 2.75. The van der Waals surface area contributed by atoms with E-state index >= 15 is 0 Å². The van der Waals surface area contributed by atoms with Crippen LogP contribution in [0.5, 0.6) is 0 Å². The van der Waals surface area contributed by atoms with Gasteiger partial charge in [-0.1, -0.05) is 0 Å². The maximum Gasteiger partial charge on any atom is 0.409 e. The van der Waals surface area contributed by atoms with Gasteiger partial charge in [-0.3, -0.25) is 9.59 Å². The van der Waals surface area contributed by atoms with Crippen molar-refractivity contribution in [2.24, 2.45) is 0 Å². The normalized spacial score (nSPS) is 14.9. The molecule has 0 aromatic carbocycles. The van der Waals surface area contributed by atoms with Crippen molar-refractivity contribution in [1.82, 2.24) is 15.1 Å². The van der Waals surface area contributed by atoms with Gasteiger partial charge < -0.3 is 29.3 Å². The summed E-state index contributed by atoms with van der Waals surface area (Å²) < 4.78 is 14.9. The maximum atomic E-state index is 12.3. The molecule has 0 aliphatic carbocycles. The molecular weight excluding hydrogens is 330 g/mol. The Labute approximate surface area is 148 Å². The second-order valence-electron chi connectivity index (χ2n) is 5.71. The standard InChI is InChI=1S/C16H29N3O6/c1-4-25-16(22)19-7-5-13(6-8-19)17-14(20)15(21)18(9-11-23-2)10-12-24-3/h13H,4-12H2,1-3H3,(H,17,20). The summed E-state index contributed by atoms with van der Waals surface area (Å²) in [6, 6.07) is -0.131. The second kappa shape index (κ2) is 11.6. The van der Waals surface area contributed by atoms with Gasteiger partial charge in [-0.05, 0) is 19.8 Å². The van der Waals surface area contributed by atoms with Gasteiger partial charge in [0, 0.05) is 46.4 Å². The Morgan fingerprint density at radius 1 is 1.08 bits per heavy atom. The summed E-state index contributed by atoms with van der Waals surface area (Å²) in [6.45, 7) is 4.43. The highest BCUT2D eigenvalue weighted by atomic mass is 16.6. The smallest absolute Gasteiger partial charge is 0.409 e. The van der Waals surface area contributed by atoms with Gasteiger partial charge in [0.05, 0.1) is 19.8 Å². The van der Waals surface area contributed by atoms with Crippen LogP contribution in [0.4, 0.5) is 4.79 Å². The molecule has 1 fully saturated rings. The summed E-state index contributed by atoms with van der Waals surface area (Å²) in [6.07, 6.45) is 0.843. The van der Waals surface area contributed by atoms with Gasteiger partial charge in [0.2, 0.25) is 0 Å². The molecule has 1 aliphatic rings. The van der Waals surface area contributed by atoms with Gasteiger partial charge in [-0.25, -0.2) is 4.79 Å². The average molecular weight is 359 g/mol. The van der Waals surface area contributed by atoms with Crippen LogP contribution >= 0.6 is 0 Å². The molecule has 9 heteroatoms. The van der Waals surface area contributed by atoms with Crippen LogP contribution in [0.15, 0.2) is 0 Å². The Balaban J connectivity index is 2.46. The van der Waals surface area contributed by atoms with Crippen molar-refractivity contribution < 1.29 is 28.6 Å². The Morgan fingerprint density at radius 3 is 2.12 bits per heavy atom. The number of rotatable bonds is 8. The van der Waals surface area contributed by atoms with Crippen LogP contribution in [-0.4, -0.2) is 94.0 Å². The van der Waals surface area contributed by atoms with E-state index in [1.165, 1.54) is 19.1 Å². The van der Waals surface area contributed by atoms with E-state index in [1.54, 1.807) is 11.8 Å². The van der Waals surface area contributed by atoms with E-state index < -0.39 is 11.8 Å². The molecule has 1 saturated heterocycles. The minimum Gasteiger partial charge on any atom is -0.450 e. The van der Waals surface area contributed by atoms with E-state index in [0.29, 0.717) is 58.8 Å². The zero-order valence-electron chi connectivity index (χ0n) is 15.3. The zero-order chi connectivity index (χ0) is 18.7. The van der Waals surface area contributed by atoms with E-state index in [4.69, 9.17) is 14.2 Å². The molecule has 0 bridgehead atoms. The summed E-state index contributed by atoms with van der Waals surface area (Å²) in [4.78, 5) is 39.2. The number of carbonyl (C=O) groups excluding carboxylic acids is 3. The van der Waals surface area contributed by atoms with Gasteiger partial charge in [-0.2, -0.15) is 0 Å². The van der Waals surface area contributed by atoms with Gasteiger partial charge in [-0.15, -0.1) is 0 Å². The molecule has 3 amide bonds. The largest absolute Gasteiger partial charge is 0.450 e. The minimum absolute atomic E-state index is 0.131. The second-order valence-corrected chi connectivity index (χ2v) is 5.71. The first kappa shape index (κ1) is 21.2. The first-order chi connectivity index (χ1) is 12.0. The number of hydrogen-bond donors (Lipinski definition) is 1. The number of carbonyl (C=O) groups is 3. The molecule has 0 aromatic rings. The van der Waals surface area contributed by atoms with Crippen molar-refractivity contribution >= 4 is 17.9 Å². The molecule has 0 saturated carbocycles. The van der Waals surface area contributed by atoms with E-state index in [9.17, 15) is 14.4 Å². The molecule has 25 heavy (non-hydrogen) atoms. The molecule has 0 unspecified atom stereocenters. The van der Waals surface area contributed by atoms with Crippen molar-refractivity contribution in [3.05, 3.63) is 0 Å². The topological polar surface area (TPSA) is 97.4 Å². The predicted octanol–water partition coefficient (Wildman–Crippen LogP) is -0.155. The number of amides is 3. The molecule has 0 radical (unpaired) electrons. The first-order valence-electron chi connectivity index (χ1n) is 8.52. The Morgan fingerprint density at radius 2 is 1.64 bits per heavy atom. The molecule has 144 valence electrons.